The van der Waals surface area contributed by atoms with Gasteiger partial charge >= 0.3 is 0 Å². The van der Waals surface area contributed by atoms with E-state index in [2.05, 4.69) is 46.5 Å². The Labute approximate surface area is 212 Å². The highest BCUT2D eigenvalue weighted by atomic mass is 32.2. The number of ketones is 1. The third-order valence-electron chi connectivity index (χ3n) is 6.68. The van der Waals surface area contributed by atoms with Crippen LogP contribution in [-0.4, -0.2) is 39.6 Å². The van der Waals surface area contributed by atoms with Crippen molar-refractivity contribution in [1.82, 2.24) is 19.6 Å². The van der Waals surface area contributed by atoms with Gasteiger partial charge in [0.1, 0.15) is 0 Å². The van der Waals surface area contributed by atoms with Crippen LogP contribution in [0, 0.1) is 0 Å². The molecule has 0 aliphatic heterocycles. The Kier molecular flexibility index (Phi) is 5.81. The SMILES string of the molecule is COc1ccc(C2CC(=O)c3cn4nc(SCc5cccc6ccccc56)nc4nc3C2)cc1OC. The Morgan fingerprint density at radius 3 is 2.67 bits per heavy atom. The second-order valence-electron chi connectivity index (χ2n) is 8.81. The van der Waals surface area contributed by atoms with Crippen LogP contribution in [0.25, 0.3) is 16.6 Å². The molecule has 0 saturated carbocycles. The number of aromatic nitrogens is 4. The summed E-state index contributed by atoms with van der Waals surface area (Å²) >= 11 is 1.57. The maximum atomic E-state index is 13.1. The van der Waals surface area contributed by atoms with Crippen LogP contribution in [-0.2, 0) is 12.2 Å². The first-order chi connectivity index (χ1) is 17.6. The van der Waals surface area contributed by atoms with Crippen molar-refractivity contribution in [2.75, 3.05) is 14.2 Å². The van der Waals surface area contributed by atoms with Crippen LogP contribution in [0.2, 0.25) is 0 Å². The molecular weight excluding hydrogens is 472 g/mol. The van der Waals surface area contributed by atoms with E-state index in [-0.39, 0.29) is 11.7 Å². The average Bonchev–Trinajstić information content (AvgIpc) is 3.32. The van der Waals surface area contributed by atoms with Gasteiger partial charge in [-0.3, -0.25) is 4.79 Å². The molecule has 0 spiro atoms. The second kappa shape index (κ2) is 9.28. The fraction of sp³-hybridized carbons (Fsp3) is 0.214. The van der Waals surface area contributed by atoms with Gasteiger partial charge < -0.3 is 9.47 Å². The molecule has 2 aromatic heterocycles. The minimum atomic E-state index is 0.0166. The summed E-state index contributed by atoms with van der Waals surface area (Å²) in [7, 11) is 3.22. The Morgan fingerprint density at radius 1 is 0.972 bits per heavy atom. The maximum absolute atomic E-state index is 13.1. The monoisotopic (exact) mass is 496 g/mol. The molecule has 180 valence electrons. The standard InChI is InChI=1S/C28H24N4O3S/c1-34-25-11-10-18(14-26(25)35-2)20-12-23-22(24(33)13-20)15-32-27(29-23)30-28(31-32)36-16-19-8-5-7-17-6-3-4-9-21(17)19/h3-11,14-15,20H,12-13,16H2,1-2H3. The number of thioether (sulfide) groups is 1. The van der Waals surface area contributed by atoms with Crippen LogP contribution in [0.4, 0.5) is 0 Å². The summed E-state index contributed by atoms with van der Waals surface area (Å²) in [5, 5.41) is 7.68. The molecule has 6 rings (SSSR count). The lowest BCUT2D eigenvalue weighted by Gasteiger charge is -2.23. The number of fused-ring (bicyclic) bond motifs is 3. The van der Waals surface area contributed by atoms with Crippen molar-refractivity contribution < 1.29 is 14.3 Å². The number of nitrogens with zero attached hydrogens (tertiary/aromatic N) is 4. The van der Waals surface area contributed by atoms with E-state index in [1.165, 1.54) is 16.3 Å². The van der Waals surface area contributed by atoms with Crippen molar-refractivity contribution in [2.45, 2.75) is 29.7 Å². The maximum Gasteiger partial charge on any atom is 0.253 e. The first kappa shape index (κ1) is 22.5. The van der Waals surface area contributed by atoms with Crippen molar-refractivity contribution in [3.63, 3.8) is 0 Å². The van der Waals surface area contributed by atoms with Crippen molar-refractivity contribution in [2.24, 2.45) is 0 Å². The van der Waals surface area contributed by atoms with E-state index in [0.717, 1.165) is 17.0 Å². The summed E-state index contributed by atoms with van der Waals surface area (Å²) in [6.07, 6.45) is 2.84. The summed E-state index contributed by atoms with van der Waals surface area (Å²) in [4.78, 5) is 22.5. The van der Waals surface area contributed by atoms with Gasteiger partial charge in [0, 0.05) is 18.4 Å². The van der Waals surface area contributed by atoms with E-state index in [1.54, 1.807) is 36.7 Å². The fourth-order valence-corrected chi connectivity index (χ4v) is 5.66. The molecule has 1 aliphatic rings. The minimum Gasteiger partial charge on any atom is -0.493 e. The topological polar surface area (TPSA) is 78.6 Å². The Balaban J connectivity index is 1.26. The summed E-state index contributed by atoms with van der Waals surface area (Å²) in [5.41, 5.74) is 3.64. The number of rotatable bonds is 6. The molecule has 8 heteroatoms. The normalized spacial score (nSPS) is 15.3. The zero-order valence-electron chi connectivity index (χ0n) is 20.0. The lowest BCUT2D eigenvalue weighted by molar-refractivity contribution is 0.0962. The minimum absolute atomic E-state index is 0.0166. The molecule has 1 unspecified atom stereocenters. The van der Waals surface area contributed by atoms with Gasteiger partial charge in [-0.15, -0.1) is 5.10 Å². The number of Topliss-reactive ketones (excluding diaryl/α,β-unsaturated/α-hetero) is 1. The van der Waals surface area contributed by atoms with Crippen LogP contribution >= 0.6 is 11.8 Å². The highest BCUT2D eigenvalue weighted by Gasteiger charge is 2.29. The third-order valence-corrected chi connectivity index (χ3v) is 7.57. The predicted octanol–water partition coefficient (Wildman–Crippen LogP) is 5.50. The number of ether oxygens (including phenoxy) is 2. The molecule has 36 heavy (non-hydrogen) atoms. The molecule has 0 saturated heterocycles. The lowest BCUT2D eigenvalue weighted by Crippen LogP contribution is -2.21. The largest absolute Gasteiger partial charge is 0.493 e. The quantitative estimate of drug-likeness (QED) is 0.287. The average molecular weight is 497 g/mol. The molecule has 0 radical (unpaired) electrons. The van der Waals surface area contributed by atoms with Gasteiger partial charge in [0.2, 0.25) is 5.16 Å². The molecule has 1 atom stereocenters. The molecule has 0 amide bonds. The van der Waals surface area contributed by atoms with Gasteiger partial charge in [-0.1, -0.05) is 60.3 Å². The van der Waals surface area contributed by atoms with Gasteiger partial charge in [-0.25, -0.2) is 9.50 Å². The summed E-state index contributed by atoms with van der Waals surface area (Å²) in [6, 6.07) is 20.5. The molecule has 0 bridgehead atoms. The van der Waals surface area contributed by atoms with Crippen LogP contribution < -0.4 is 9.47 Å². The Bertz CT molecular complexity index is 1610. The first-order valence-electron chi connectivity index (χ1n) is 11.7. The first-order valence-corrected chi connectivity index (χ1v) is 12.7. The van der Waals surface area contributed by atoms with Gasteiger partial charge in [0.25, 0.3) is 5.78 Å². The number of hydrogen-bond acceptors (Lipinski definition) is 7. The smallest absolute Gasteiger partial charge is 0.253 e. The van der Waals surface area contributed by atoms with E-state index in [0.29, 0.717) is 40.8 Å². The van der Waals surface area contributed by atoms with Gasteiger partial charge in [-0.2, -0.15) is 4.98 Å². The molecule has 0 fully saturated rings. The molecule has 2 heterocycles. The van der Waals surface area contributed by atoms with Crippen molar-refractivity contribution in [3.8, 4) is 11.5 Å². The number of carbonyl (C=O) groups excluding carboxylic acids is 1. The van der Waals surface area contributed by atoms with Crippen LogP contribution in [0.1, 0.15) is 39.5 Å². The van der Waals surface area contributed by atoms with Gasteiger partial charge in [-0.05, 0) is 46.4 Å². The summed E-state index contributed by atoms with van der Waals surface area (Å²) in [6.45, 7) is 0. The Morgan fingerprint density at radius 2 is 1.81 bits per heavy atom. The highest BCUT2D eigenvalue weighted by molar-refractivity contribution is 7.98. The van der Waals surface area contributed by atoms with Gasteiger partial charge in [0.15, 0.2) is 17.3 Å². The number of methoxy groups -OCH3 is 2. The summed E-state index contributed by atoms with van der Waals surface area (Å²) < 4.78 is 12.4. The number of benzene rings is 3. The molecule has 7 nitrogen and oxygen atoms in total. The van der Waals surface area contributed by atoms with E-state index in [1.807, 2.05) is 24.3 Å². The second-order valence-corrected chi connectivity index (χ2v) is 9.75. The molecule has 3 aromatic carbocycles. The number of hydrogen-bond donors (Lipinski definition) is 0. The zero-order valence-corrected chi connectivity index (χ0v) is 20.8. The van der Waals surface area contributed by atoms with E-state index in [4.69, 9.17) is 14.5 Å². The van der Waals surface area contributed by atoms with Gasteiger partial charge in [0.05, 0.1) is 25.5 Å². The van der Waals surface area contributed by atoms with E-state index >= 15 is 0 Å². The summed E-state index contributed by atoms with van der Waals surface area (Å²) in [5.74, 6) is 2.66. The predicted molar refractivity (Wildman–Crippen MR) is 139 cm³/mol. The fourth-order valence-electron chi connectivity index (χ4n) is 4.83. The van der Waals surface area contributed by atoms with Crippen molar-refractivity contribution in [3.05, 3.63) is 89.2 Å². The van der Waals surface area contributed by atoms with Crippen molar-refractivity contribution >= 4 is 34.1 Å². The molecular formula is C28H24N4O3S. The number of carbonyl (C=O) groups is 1. The van der Waals surface area contributed by atoms with Crippen LogP contribution in [0.5, 0.6) is 11.5 Å². The molecule has 5 aromatic rings. The van der Waals surface area contributed by atoms with Crippen LogP contribution in [0.15, 0.2) is 72.0 Å². The molecule has 1 aliphatic carbocycles. The highest BCUT2D eigenvalue weighted by Crippen LogP contribution is 2.36. The zero-order chi connectivity index (χ0) is 24.6. The lowest BCUT2D eigenvalue weighted by atomic mass is 9.82. The van der Waals surface area contributed by atoms with Crippen LogP contribution in [0.3, 0.4) is 0 Å². The van der Waals surface area contributed by atoms with Crippen molar-refractivity contribution in [1.29, 1.82) is 0 Å². The molecule has 0 N–H and O–H groups in total. The van der Waals surface area contributed by atoms with E-state index in [9.17, 15) is 4.79 Å². The Hall–Kier alpha value is -3.91. The third kappa shape index (κ3) is 4.07. The van der Waals surface area contributed by atoms with E-state index < -0.39 is 0 Å².